The molecular weight excluding hydrogens is 236 g/mol. The molecule has 0 saturated heterocycles. The van der Waals surface area contributed by atoms with Gasteiger partial charge in [-0.05, 0) is 6.42 Å². The van der Waals surface area contributed by atoms with Crippen LogP contribution in [0.5, 0.6) is 0 Å². The van der Waals surface area contributed by atoms with E-state index in [1.54, 1.807) is 31.0 Å². The van der Waals surface area contributed by atoms with Crippen molar-refractivity contribution in [2.75, 3.05) is 0 Å². The van der Waals surface area contributed by atoms with Gasteiger partial charge in [0.05, 0.1) is 12.4 Å². The fourth-order valence-corrected chi connectivity index (χ4v) is 1.59. The quantitative estimate of drug-likeness (QED) is 0.839. The number of rotatable bonds is 3. The van der Waals surface area contributed by atoms with Gasteiger partial charge in [-0.25, -0.2) is 9.48 Å². The minimum atomic E-state index is -1.33. The van der Waals surface area contributed by atoms with Gasteiger partial charge in [0.15, 0.2) is 0 Å². The predicted octanol–water partition coefficient (Wildman–Crippen LogP) is 0.227. The van der Waals surface area contributed by atoms with Crippen LogP contribution in [0.4, 0.5) is 0 Å². The first-order chi connectivity index (χ1) is 8.52. The number of carboxylic acid groups (broad SMARTS) is 1. The van der Waals surface area contributed by atoms with Crippen molar-refractivity contribution >= 4 is 5.97 Å². The molecular formula is C11H12N4O3. The predicted molar refractivity (Wildman–Crippen MR) is 62.9 cm³/mol. The summed E-state index contributed by atoms with van der Waals surface area (Å²) >= 11 is 0. The van der Waals surface area contributed by atoms with E-state index in [4.69, 9.17) is 5.11 Å². The number of carboxylic acids is 1. The van der Waals surface area contributed by atoms with Crippen LogP contribution in [0.25, 0.3) is 5.69 Å². The second kappa shape index (κ2) is 4.44. The van der Waals surface area contributed by atoms with Gasteiger partial charge in [-0.1, -0.05) is 6.92 Å². The smallest absolute Gasteiger partial charge is 0.360 e. The van der Waals surface area contributed by atoms with Crippen LogP contribution in [-0.2, 0) is 13.5 Å². The third-order valence-electron chi connectivity index (χ3n) is 2.53. The SMILES string of the molecule is CCc1cn(-c2cnn(C)c2)nc(C(=O)O)c1=O. The fourth-order valence-electron chi connectivity index (χ4n) is 1.59. The van der Waals surface area contributed by atoms with Crippen molar-refractivity contribution in [1.29, 1.82) is 0 Å². The van der Waals surface area contributed by atoms with Gasteiger partial charge < -0.3 is 5.11 Å². The second-order valence-corrected chi connectivity index (χ2v) is 3.81. The molecule has 0 fully saturated rings. The molecule has 0 radical (unpaired) electrons. The number of hydrogen-bond donors (Lipinski definition) is 1. The maximum absolute atomic E-state index is 11.8. The standard InChI is InChI=1S/C11H12N4O3/c1-3-7-5-15(8-4-12-14(2)6-8)13-9(10(7)16)11(17)18/h4-6H,3H2,1-2H3,(H,17,18). The van der Waals surface area contributed by atoms with E-state index < -0.39 is 17.1 Å². The lowest BCUT2D eigenvalue weighted by molar-refractivity contribution is 0.0686. The Labute approximate surface area is 102 Å². The van der Waals surface area contributed by atoms with Crippen molar-refractivity contribution in [3.8, 4) is 5.69 Å². The zero-order valence-corrected chi connectivity index (χ0v) is 9.99. The summed E-state index contributed by atoms with van der Waals surface area (Å²) in [5, 5.41) is 16.8. The van der Waals surface area contributed by atoms with Crippen LogP contribution in [0.3, 0.4) is 0 Å². The first kappa shape index (κ1) is 12.0. The number of aryl methyl sites for hydroxylation is 2. The van der Waals surface area contributed by atoms with E-state index in [0.29, 0.717) is 17.7 Å². The second-order valence-electron chi connectivity index (χ2n) is 3.81. The van der Waals surface area contributed by atoms with Crippen LogP contribution in [-0.4, -0.2) is 30.6 Å². The zero-order valence-electron chi connectivity index (χ0n) is 9.99. The summed E-state index contributed by atoms with van der Waals surface area (Å²) < 4.78 is 2.93. The summed E-state index contributed by atoms with van der Waals surface area (Å²) in [6.07, 6.45) is 5.21. The highest BCUT2D eigenvalue weighted by atomic mass is 16.4. The molecule has 0 aromatic carbocycles. The Bertz CT molecular complexity index is 657. The molecule has 18 heavy (non-hydrogen) atoms. The Hall–Kier alpha value is -2.44. The van der Waals surface area contributed by atoms with Gasteiger partial charge in [0.25, 0.3) is 0 Å². The summed E-state index contributed by atoms with van der Waals surface area (Å²) in [4.78, 5) is 22.7. The molecule has 94 valence electrons. The van der Waals surface area contributed by atoms with Gasteiger partial charge in [0.1, 0.15) is 5.69 Å². The highest BCUT2D eigenvalue weighted by Crippen LogP contribution is 2.05. The summed E-state index contributed by atoms with van der Waals surface area (Å²) in [6.45, 7) is 1.79. The maximum Gasteiger partial charge on any atom is 0.360 e. The third kappa shape index (κ3) is 2.02. The Morgan fingerprint density at radius 2 is 2.17 bits per heavy atom. The minimum absolute atomic E-state index is 0.409. The Balaban J connectivity index is 2.66. The van der Waals surface area contributed by atoms with Crippen LogP contribution in [0.2, 0.25) is 0 Å². The van der Waals surface area contributed by atoms with Crippen LogP contribution < -0.4 is 5.43 Å². The number of aromatic nitrogens is 4. The highest BCUT2D eigenvalue weighted by Gasteiger charge is 2.15. The van der Waals surface area contributed by atoms with E-state index in [0.717, 1.165) is 0 Å². The number of aromatic carboxylic acids is 1. The van der Waals surface area contributed by atoms with Crippen LogP contribution in [0.1, 0.15) is 23.0 Å². The molecule has 0 aliphatic rings. The highest BCUT2D eigenvalue weighted by molar-refractivity contribution is 5.85. The van der Waals surface area contributed by atoms with Crippen LogP contribution in [0, 0.1) is 0 Å². The third-order valence-corrected chi connectivity index (χ3v) is 2.53. The maximum atomic E-state index is 11.8. The van der Waals surface area contributed by atoms with Gasteiger partial charge in [0, 0.05) is 18.8 Å². The minimum Gasteiger partial charge on any atom is -0.476 e. The molecule has 2 aromatic heterocycles. The van der Waals surface area contributed by atoms with Crippen molar-refractivity contribution in [3.63, 3.8) is 0 Å². The van der Waals surface area contributed by atoms with E-state index in [-0.39, 0.29) is 0 Å². The van der Waals surface area contributed by atoms with Gasteiger partial charge in [0.2, 0.25) is 11.1 Å². The monoisotopic (exact) mass is 248 g/mol. The molecule has 2 rings (SSSR count). The van der Waals surface area contributed by atoms with E-state index >= 15 is 0 Å². The van der Waals surface area contributed by atoms with Gasteiger partial charge >= 0.3 is 5.97 Å². The van der Waals surface area contributed by atoms with Crippen LogP contribution >= 0.6 is 0 Å². The molecule has 2 aromatic rings. The summed E-state index contributed by atoms with van der Waals surface area (Å²) in [5.41, 5.74) is 0.00398. The fraction of sp³-hybridized carbons (Fsp3) is 0.273. The molecule has 7 heteroatoms. The number of nitrogens with zero attached hydrogens (tertiary/aromatic N) is 4. The molecule has 0 aliphatic heterocycles. The largest absolute Gasteiger partial charge is 0.476 e. The van der Waals surface area contributed by atoms with Gasteiger partial charge in [-0.3, -0.25) is 9.48 Å². The number of carbonyl (C=O) groups is 1. The van der Waals surface area contributed by atoms with Gasteiger partial charge in [-0.2, -0.15) is 10.2 Å². The van der Waals surface area contributed by atoms with Gasteiger partial charge in [-0.15, -0.1) is 0 Å². The molecule has 0 amide bonds. The topological polar surface area (TPSA) is 90.0 Å². The molecule has 0 saturated carbocycles. The molecule has 0 unspecified atom stereocenters. The molecule has 0 atom stereocenters. The molecule has 0 aliphatic carbocycles. The van der Waals surface area contributed by atoms with Crippen molar-refractivity contribution in [2.24, 2.45) is 7.05 Å². The van der Waals surface area contributed by atoms with E-state index in [1.807, 2.05) is 0 Å². The zero-order chi connectivity index (χ0) is 13.3. The van der Waals surface area contributed by atoms with Crippen molar-refractivity contribution in [3.05, 3.63) is 40.1 Å². The lowest BCUT2D eigenvalue weighted by atomic mass is 10.2. The molecule has 0 bridgehead atoms. The lowest BCUT2D eigenvalue weighted by Crippen LogP contribution is -2.24. The van der Waals surface area contributed by atoms with E-state index in [1.165, 1.54) is 10.9 Å². The van der Waals surface area contributed by atoms with E-state index in [2.05, 4.69) is 10.2 Å². The summed E-state index contributed by atoms with van der Waals surface area (Å²) in [6, 6.07) is 0. The summed E-state index contributed by atoms with van der Waals surface area (Å²) in [7, 11) is 1.74. The van der Waals surface area contributed by atoms with Crippen molar-refractivity contribution in [1.82, 2.24) is 19.6 Å². The van der Waals surface area contributed by atoms with Crippen molar-refractivity contribution < 1.29 is 9.90 Å². The lowest BCUT2D eigenvalue weighted by Gasteiger charge is -2.05. The molecule has 1 N–H and O–H groups in total. The Morgan fingerprint density at radius 3 is 2.67 bits per heavy atom. The average Bonchev–Trinajstić information content (AvgIpc) is 2.76. The molecule has 2 heterocycles. The Kier molecular flexibility index (Phi) is 2.97. The number of hydrogen-bond acceptors (Lipinski definition) is 4. The average molecular weight is 248 g/mol. The summed E-state index contributed by atoms with van der Waals surface area (Å²) in [5.74, 6) is -1.33. The van der Waals surface area contributed by atoms with Crippen molar-refractivity contribution in [2.45, 2.75) is 13.3 Å². The first-order valence-corrected chi connectivity index (χ1v) is 5.38. The molecule has 7 nitrogen and oxygen atoms in total. The first-order valence-electron chi connectivity index (χ1n) is 5.38. The molecule has 0 spiro atoms. The van der Waals surface area contributed by atoms with E-state index in [9.17, 15) is 9.59 Å². The normalized spacial score (nSPS) is 10.6. The van der Waals surface area contributed by atoms with Crippen LogP contribution in [0.15, 0.2) is 23.4 Å². The Morgan fingerprint density at radius 1 is 1.44 bits per heavy atom.